The summed E-state index contributed by atoms with van der Waals surface area (Å²) < 4.78 is 6.46. The molecule has 0 atom stereocenters. The van der Waals surface area contributed by atoms with Crippen molar-refractivity contribution in [3.8, 4) is 5.75 Å². The van der Waals surface area contributed by atoms with Gasteiger partial charge < -0.3 is 15.0 Å². The Balaban J connectivity index is 1.73. The van der Waals surface area contributed by atoms with Gasteiger partial charge in [-0.15, -0.1) is 0 Å². The number of nitrogens with zero attached hydrogens (tertiary/aromatic N) is 1. The summed E-state index contributed by atoms with van der Waals surface area (Å²) in [6.07, 6.45) is 0.821. The van der Waals surface area contributed by atoms with Gasteiger partial charge in [-0.05, 0) is 54.5 Å². The zero-order chi connectivity index (χ0) is 24.5. The first-order chi connectivity index (χ1) is 16.4. The van der Waals surface area contributed by atoms with Crippen molar-refractivity contribution in [3.63, 3.8) is 0 Å². The average Bonchev–Trinajstić information content (AvgIpc) is 2.86. The van der Waals surface area contributed by atoms with Gasteiger partial charge in [0.25, 0.3) is 11.8 Å². The van der Waals surface area contributed by atoms with E-state index in [0.717, 1.165) is 16.5 Å². The molecular weight excluding hydrogens is 514 g/mol. The van der Waals surface area contributed by atoms with Crippen LogP contribution in [0.25, 0.3) is 0 Å². The first-order valence-electron chi connectivity index (χ1n) is 10.8. The first-order valence-corrected chi connectivity index (χ1v) is 12.0. The van der Waals surface area contributed by atoms with Gasteiger partial charge in [-0.1, -0.05) is 65.3 Å². The fourth-order valence-corrected chi connectivity index (χ4v) is 3.76. The number of carbonyl (C=O) groups excluding carboxylic acids is 2. The van der Waals surface area contributed by atoms with Crippen LogP contribution < -0.4 is 20.3 Å². The summed E-state index contributed by atoms with van der Waals surface area (Å²) in [7, 11) is 1.71. The molecule has 0 aliphatic carbocycles. The van der Waals surface area contributed by atoms with E-state index in [-0.39, 0.29) is 11.0 Å². The lowest BCUT2D eigenvalue weighted by Crippen LogP contribution is -2.41. The molecule has 176 valence electrons. The Morgan fingerprint density at radius 2 is 1.68 bits per heavy atom. The highest BCUT2D eigenvalue weighted by molar-refractivity contribution is 9.10. The summed E-state index contributed by atoms with van der Waals surface area (Å²) in [6.45, 7) is 2.90. The minimum absolute atomic E-state index is 0.162. The molecule has 0 spiro atoms. The molecule has 2 N–H and O–H groups in total. The quantitative estimate of drug-likeness (QED) is 0.379. The Morgan fingerprint density at radius 3 is 2.41 bits per heavy atom. The summed E-state index contributed by atoms with van der Waals surface area (Å²) in [5.41, 5.74) is 2.40. The van der Waals surface area contributed by atoms with Gasteiger partial charge in [-0.3, -0.25) is 14.9 Å². The molecule has 0 bridgehead atoms. The summed E-state index contributed by atoms with van der Waals surface area (Å²) in [4.78, 5) is 27.5. The molecule has 3 aromatic carbocycles. The number of thiocarbonyl (C=S) groups is 1. The number of halogens is 1. The van der Waals surface area contributed by atoms with Crippen LogP contribution in [-0.2, 0) is 6.54 Å². The summed E-state index contributed by atoms with van der Waals surface area (Å²) in [5.74, 6) is -0.147. The third-order valence-electron chi connectivity index (χ3n) is 4.98. The zero-order valence-corrected chi connectivity index (χ0v) is 21.4. The van der Waals surface area contributed by atoms with Crippen molar-refractivity contribution in [3.05, 3.63) is 94.0 Å². The van der Waals surface area contributed by atoms with E-state index >= 15 is 0 Å². The van der Waals surface area contributed by atoms with Gasteiger partial charge in [-0.2, -0.15) is 0 Å². The van der Waals surface area contributed by atoms with Gasteiger partial charge in [0, 0.05) is 18.1 Å². The van der Waals surface area contributed by atoms with Crippen molar-refractivity contribution in [2.24, 2.45) is 0 Å². The van der Waals surface area contributed by atoms with E-state index < -0.39 is 5.91 Å². The third kappa shape index (κ3) is 6.65. The summed E-state index contributed by atoms with van der Waals surface area (Å²) in [6, 6.07) is 22.0. The second-order valence-corrected chi connectivity index (χ2v) is 8.80. The van der Waals surface area contributed by atoms with Crippen LogP contribution in [0.4, 0.5) is 5.69 Å². The fraction of sp³-hybridized carbons (Fsp3) is 0.192. The molecule has 0 radical (unpaired) electrons. The van der Waals surface area contributed by atoms with E-state index in [2.05, 4.69) is 26.6 Å². The van der Waals surface area contributed by atoms with Gasteiger partial charge in [-0.25, -0.2) is 0 Å². The van der Waals surface area contributed by atoms with Crippen LogP contribution in [0.2, 0.25) is 0 Å². The van der Waals surface area contributed by atoms with E-state index in [9.17, 15) is 9.59 Å². The van der Waals surface area contributed by atoms with Crippen LogP contribution >= 0.6 is 28.1 Å². The molecule has 0 aliphatic heterocycles. The largest absolute Gasteiger partial charge is 0.493 e. The highest BCUT2D eigenvalue weighted by atomic mass is 79.9. The van der Waals surface area contributed by atoms with E-state index in [1.54, 1.807) is 42.3 Å². The number of rotatable bonds is 8. The lowest BCUT2D eigenvalue weighted by Gasteiger charge is -2.23. The van der Waals surface area contributed by atoms with Crippen LogP contribution in [0.15, 0.2) is 77.3 Å². The predicted octanol–water partition coefficient (Wildman–Crippen LogP) is 5.32. The van der Waals surface area contributed by atoms with Gasteiger partial charge >= 0.3 is 0 Å². The van der Waals surface area contributed by atoms with Crippen LogP contribution in [0.5, 0.6) is 5.75 Å². The van der Waals surface area contributed by atoms with Gasteiger partial charge in [0.1, 0.15) is 5.75 Å². The molecule has 0 aliphatic rings. The van der Waals surface area contributed by atoms with Gasteiger partial charge in [0.05, 0.1) is 23.4 Å². The minimum atomic E-state index is -0.393. The molecule has 0 fully saturated rings. The molecule has 3 rings (SSSR count). The van der Waals surface area contributed by atoms with E-state index in [1.807, 2.05) is 49.4 Å². The Labute approximate surface area is 213 Å². The average molecular weight is 540 g/mol. The number of carbonyl (C=O) groups is 2. The number of hydrogen-bond acceptors (Lipinski definition) is 4. The second kappa shape index (κ2) is 12.3. The second-order valence-electron chi connectivity index (χ2n) is 7.49. The maximum atomic E-state index is 13.0. The van der Waals surface area contributed by atoms with Crippen molar-refractivity contribution >= 4 is 50.8 Å². The third-order valence-corrected chi connectivity index (χ3v) is 5.85. The molecule has 3 aromatic rings. The van der Waals surface area contributed by atoms with Gasteiger partial charge in [0.15, 0.2) is 5.11 Å². The minimum Gasteiger partial charge on any atom is -0.493 e. The maximum absolute atomic E-state index is 13.0. The van der Waals surface area contributed by atoms with Crippen molar-refractivity contribution in [2.75, 3.05) is 18.6 Å². The smallest absolute Gasteiger partial charge is 0.261 e. The SMILES string of the molecule is CCCOc1ccc(Br)cc1C(=O)NC(=S)N(C)c1ccccc1C(=O)NCc1ccccc1. The van der Waals surface area contributed by atoms with Crippen molar-refractivity contribution < 1.29 is 14.3 Å². The normalized spacial score (nSPS) is 10.3. The topological polar surface area (TPSA) is 70.7 Å². The fourth-order valence-electron chi connectivity index (χ4n) is 3.21. The van der Waals surface area contributed by atoms with E-state index in [0.29, 0.717) is 35.7 Å². The number of amides is 2. The predicted molar refractivity (Wildman–Crippen MR) is 142 cm³/mol. The van der Waals surface area contributed by atoms with Gasteiger partial charge in [0.2, 0.25) is 0 Å². The maximum Gasteiger partial charge on any atom is 0.261 e. The Morgan fingerprint density at radius 1 is 0.971 bits per heavy atom. The summed E-state index contributed by atoms with van der Waals surface area (Å²) in [5, 5.41) is 5.84. The molecular formula is C26H26BrN3O3S. The molecule has 0 aromatic heterocycles. The molecule has 34 heavy (non-hydrogen) atoms. The number of nitrogens with one attached hydrogen (secondary N) is 2. The monoisotopic (exact) mass is 539 g/mol. The molecule has 0 unspecified atom stereocenters. The summed E-state index contributed by atoms with van der Waals surface area (Å²) >= 11 is 8.89. The highest BCUT2D eigenvalue weighted by Crippen LogP contribution is 2.24. The molecule has 0 heterocycles. The van der Waals surface area contributed by atoms with Crippen LogP contribution in [0.3, 0.4) is 0 Å². The van der Waals surface area contributed by atoms with Crippen molar-refractivity contribution in [1.82, 2.24) is 10.6 Å². The lowest BCUT2D eigenvalue weighted by atomic mass is 10.1. The molecule has 6 nitrogen and oxygen atoms in total. The van der Waals surface area contributed by atoms with E-state index in [1.165, 1.54) is 0 Å². The molecule has 8 heteroatoms. The number of benzene rings is 3. The van der Waals surface area contributed by atoms with Crippen LogP contribution in [0, 0.1) is 0 Å². The molecule has 0 saturated heterocycles. The Hall–Kier alpha value is -3.23. The number of hydrogen-bond donors (Lipinski definition) is 2. The van der Waals surface area contributed by atoms with E-state index in [4.69, 9.17) is 17.0 Å². The first kappa shape index (κ1) is 25.4. The van der Waals surface area contributed by atoms with Crippen molar-refractivity contribution in [2.45, 2.75) is 19.9 Å². The molecule has 0 saturated carbocycles. The standard InChI is InChI=1S/C26H26BrN3O3S/c1-3-15-33-23-14-13-19(27)16-21(23)25(32)29-26(34)30(2)22-12-8-7-11-20(22)24(31)28-17-18-9-5-4-6-10-18/h4-14,16H,3,15,17H2,1-2H3,(H,28,31)(H,29,32,34). The number of ether oxygens (including phenoxy) is 1. The lowest BCUT2D eigenvalue weighted by molar-refractivity contribution is 0.0949. The zero-order valence-electron chi connectivity index (χ0n) is 19.0. The number of para-hydroxylation sites is 1. The highest BCUT2D eigenvalue weighted by Gasteiger charge is 2.20. The van der Waals surface area contributed by atoms with Crippen LogP contribution in [0.1, 0.15) is 39.6 Å². The molecule has 2 amide bonds. The Bertz CT molecular complexity index is 1170. The Kier molecular flexibility index (Phi) is 9.18. The van der Waals surface area contributed by atoms with Crippen molar-refractivity contribution in [1.29, 1.82) is 0 Å². The number of anilines is 1. The van der Waals surface area contributed by atoms with Crippen LogP contribution in [-0.4, -0.2) is 30.6 Å².